The van der Waals surface area contributed by atoms with Gasteiger partial charge in [0.1, 0.15) is 11.5 Å². The molecule has 2 N–H and O–H groups in total. The van der Waals surface area contributed by atoms with Crippen LogP contribution >= 0.6 is 15.9 Å². The number of rotatable bonds is 5. The highest BCUT2D eigenvalue weighted by Crippen LogP contribution is 2.56. The number of phenolic OH excluding ortho intramolecular Hbond substituents is 1. The molecular weight excluding hydrogens is 534 g/mol. The van der Waals surface area contributed by atoms with Crippen LogP contribution in [0.4, 0.5) is 0 Å². The molecule has 36 heavy (non-hydrogen) atoms. The molecule has 1 saturated heterocycles. The maximum Gasteiger partial charge on any atom is 0.305 e. The fraction of sp³-hybridized carbons (Fsp3) is 0.346. The predicted octanol–water partition coefficient (Wildman–Crippen LogP) is 2.64. The highest BCUT2D eigenvalue weighted by molar-refractivity contribution is 9.12. The van der Waals surface area contributed by atoms with Gasteiger partial charge in [0.2, 0.25) is 11.8 Å². The molecule has 1 aromatic carbocycles. The second-order valence-electron chi connectivity index (χ2n) is 9.29. The van der Waals surface area contributed by atoms with Gasteiger partial charge in [0, 0.05) is 35.2 Å². The van der Waals surface area contributed by atoms with E-state index in [-0.39, 0.29) is 58.8 Å². The monoisotopic (exact) mass is 555 g/mol. The average Bonchev–Trinajstić information content (AvgIpc) is 3.09. The number of aliphatic carboxylic acids is 1. The normalized spacial score (nSPS) is 27.3. The lowest BCUT2D eigenvalue weighted by molar-refractivity contribution is -0.142. The summed E-state index contributed by atoms with van der Waals surface area (Å²) in [4.78, 5) is 65.0. The quantitative estimate of drug-likeness (QED) is 0.321. The van der Waals surface area contributed by atoms with E-state index in [1.54, 1.807) is 12.1 Å². The number of methoxy groups -OCH3 is 1. The lowest BCUT2D eigenvalue weighted by Gasteiger charge is -2.42. The van der Waals surface area contributed by atoms with E-state index in [9.17, 15) is 29.1 Å². The number of hydrogen-bond acceptors (Lipinski definition) is 7. The first-order valence-electron chi connectivity index (χ1n) is 11.5. The van der Waals surface area contributed by atoms with E-state index in [2.05, 4.69) is 15.9 Å². The van der Waals surface area contributed by atoms with Crippen LogP contribution in [-0.2, 0) is 24.0 Å². The molecule has 0 radical (unpaired) electrons. The molecule has 1 fully saturated rings. The summed E-state index contributed by atoms with van der Waals surface area (Å²) >= 11 is 3.17. The third-order valence-corrected chi connectivity index (χ3v) is 8.11. The molecule has 186 valence electrons. The van der Waals surface area contributed by atoms with Crippen LogP contribution in [0.2, 0.25) is 0 Å². The zero-order chi connectivity index (χ0) is 25.9. The summed E-state index contributed by atoms with van der Waals surface area (Å²) in [5, 5.41) is 19.9. The van der Waals surface area contributed by atoms with Crippen molar-refractivity contribution in [3.05, 3.63) is 57.1 Å². The number of ketones is 2. The van der Waals surface area contributed by atoms with Crippen LogP contribution in [0.5, 0.6) is 11.5 Å². The number of carboxylic acid groups (broad SMARTS) is 1. The van der Waals surface area contributed by atoms with Crippen molar-refractivity contribution in [2.45, 2.75) is 25.2 Å². The summed E-state index contributed by atoms with van der Waals surface area (Å²) < 4.78 is 5.44. The molecular formula is C26H22BrNO8. The van der Waals surface area contributed by atoms with Crippen molar-refractivity contribution < 1.29 is 38.9 Å². The number of carboxylic acids is 1. The van der Waals surface area contributed by atoms with Crippen molar-refractivity contribution in [1.29, 1.82) is 0 Å². The van der Waals surface area contributed by atoms with Gasteiger partial charge >= 0.3 is 5.97 Å². The molecule has 4 aliphatic rings. The number of hydrogen-bond donors (Lipinski definition) is 2. The fourth-order valence-electron chi connectivity index (χ4n) is 5.95. The molecule has 1 aromatic rings. The number of fused-ring (bicyclic) bond motifs is 3. The van der Waals surface area contributed by atoms with Gasteiger partial charge < -0.3 is 14.9 Å². The van der Waals surface area contributed by atoms with Crippen LogP contribution in [-0.4, -0.2) is 58.1 Å². The van der Waals surface area contributed by atoms with Gasteiger partial charge in [-0.05, 0) is 52.9 Å². The Labute approximate surface area is 214 Å². The lowest BCUT2D eigenvalue weighted by atomic mass is 9.59. The van der Waals surface area contributed by atoms with Gasteiger partial charge in [-0.1, -0.05) is 11.6 Å². The number of nitrogens with zero attached hydrogens (tertiary/aromatic N) is 1. The third kappa shape index (κ3) is 3.62. The topological polar surface area (TPSA) is 138 Å². The number of likely N-dealkylation sites (tertiary alicyclic amines) is 1. The molecule has 4 atom stereocenters. The van der Waals surface area contributed by atoms with Crippen molar-refractivity contribution in [3.8, 4) is 11.5 Å². The number of imide groups is 1. The largest absolute Gasteiger partial charge is 0.508 e. The zero-order valence-electron chi connectivity index (χ0n) is 19.2. The Balaban J connectivity index is 1.65. The number of allylic oxidation sites excluding steroid dienone is 6. The Morgan fingerprint density at radius 1 is 1.17 bits per heavy atom. The van der Waals surface area contributed by atoms with Crippen LogP contribution in [0.3, 0.4) is 0 Å². The number of aromatic hydroxyl groups is 1. The summed E-state index contributed by atoms with van der Waals surface area (Å²) in [6.07, 6.45) is 3.01. The Kier molecular flexibility index (Phi) is 5.94. The first-order chi connectivity index (χ1) is 17.1. The number of halogens is 1. The Bertz CT molecular complexity index is 1340. The van der Waals surface area contributed by atoms with E-state index in [1.807, 2.05) is 6.08 Å². The van der Waals surface area contributed by atoms with Crippen LogP contribution < -0.4 is 4.74 Å². The van der Waals surface area contributed by atoms with Crippen molar-refractivity contribution >= 4 is 45.3 Å². The lowest BCUT2D eigenvalue weighted by Crippen LogP contribution is -2.39. The molecule has 1 heterocycles. The maximum absolute atomic E-state index is 13.4. The molecule has 9 nitrogen and oxygen atoms in total. The molecule has 0 aromatic heterocycles. The Morgan fingerprint density at radius 2 is 1.92 bits per heavy atom. The summed E-state index contributed by atoms with van der Waals surface area (Å²) in [6.45, 7) is -0.220. The Hall–Kier alpha value is -3.53. The van der Waals surface area contributed by atoms with E-state index in [0.717, 1.165) is 4.90 Å². The molecule has 0 saturated carbocycles. The minimum absolute atomic E-state index is 0.0862. The van der Waals surface area contributed by atoms with Crippen LogP contribution in [0, 0.1) is 17.8 Å². The highest BCUT2D eigenvalue weighted by Gasteiger charge is 2.56. The van der Waals surface area contributed by atoms with E-state index in [4.69, 9.17) is 9.84 Å². The van der Waals surface area contributed by atoms with E-state index < -0.39 is 41.5 Å². The van der Waals surface area contributed by atoms with Crippen molar-refractivity contribution in [3.63, 3.8) is 0 Å². The van der Waals surface area contributed by atoms with Gasteiger partial charge in [-0.3, -0.25) is 28.9 Å². The zero-order valence-corrected chi connectivity index (χ0v) is 20.8. The van der Waals surface area contributed by atoms with E-state index >= 15 is 0 Å². The van der Waals surface area contributed by atoms with Gasteiger partial charge in [0.25, 0.3) is 0 Å². The molecule has 0 bridgehead atoms. The molecule has 3 aliphatic carbocycles. The third-order valence-electron chi connectivity index (χ3n) is 7.52. The number of amides is 2. The second kappa shape index (κ2) is 8.85. The molecule has 0 unspecified atom stereocenters. The SMILES string of the molecule is COc1ccc(O)c([C@H]2C3=CC[C@@H]4C(=O)N(CCC(=O)O)C(=O)[C@@H]4[C@@H]3CC3=C2C(=O)C=C(Br)C3=O)c1. The highest BCUT2D eigenvalue weighted by atomic mass is 79.9. The van der Waals surface area contributed by atoms with Crippen LogP contribution in [0.15, 0.2) is 51.6 Å². The molecule has 0 spiro atoms. The van der Waals surface area contributed by atoms with E-state index in [0.29, 0.717) is 16.9 Å². The number of phenols is 1. The predicted molar refractivity (Wildman–Crippen MR) is 128 cm³/mol. The minimum Gasteiger partial charge on any atom is -0.508 e. The summed E-state index contributed by atoms with van der Waals surface area (Å²) in [7, 11) is 1.47. The van der Waals surface area contributed by atoms with Gasteiger partial charge in [-0.2, -0.15) is 0 Å². The maximum atomic E-state index is 13.4. The molecule has 10 heteroatoms. The number of benzene rings is 1. The molecule has 2 amide bonds. The fourth-order valence-corrected chi connectivity index (χ4v) is 6.39. The van der Waals surface area contributed by atoms with Crippen molar-refractivity contribution in [1.82, 2.24) is 4.90 Å². The van der Waals surface area contributed by atoms with E-state index in [1.165, 1.54) is 19.3 Å². The van der Waals surface area contributed by atoms with Gasteiger partial charge in [0.15, 0.2) is 11.6 Å². The van der Waals surface area contributed by atoms with Gasteiger partial charge in [-0.25, -0.2) is 0 Å². The number of ether oxygens (including phenoxy) is 1. The van der Waals surface area contributed by atoms with Crippen molar-refractivity contribution in [2.75, 3.05) is 13.7 Å². The summed E-state index contributed by atoms with van der Waals surface area (Å²) in [6, 6.07) is 4.62. The smallest absolute Gasteiger partial charge is 0.305 e. The summed E-state index contributed by atoms with van der Waals surface area (Å²) in [5.74, 6) is -5.25. The summed E-state index contributed by atoms with van der Waals surface area (Å²) in [5.41, 5.74) is 1.54. The van der Waals surface area contributed by atoms with Crippen molar-refractivity contribution in [2.24, 2.45) is 17.8 Å². The first kappa shape index (κ1) is 24.2. The minimum atomic E-state index is -1.12. The van der Waals surface area contributed by atoms with Gasteiger partial charge in [-0.15, -0.1) is 0 Å². The first-order valence-corrected chi connectivity index (χ1v) is 12.3. The molecule has 5 rings (SSSR count). The van der Waals surface area contributed by atoms with Crippen LogP contribution in [0.1, 0.15) is 30.7 Å². The molecule has 1 aliphatic heterocycles. The number of carbonyl (C=O) groups is 5. The number of carbonyl (C=O) groups excluding carboxylic acids is 4. The Morgan fingerprint density at radius 3 is 2.61 bits per heavy atom. The second-order valence-corrected chi connectivity index (χ2v) is 10.1. The van der Waals surface area contributed by atoms with Crippen LogP contribution in [0.25, 0.3) is 0 Å². The standard InChI is InChI=1S/C26H22BrNO8/c1-36-11-2-5-18(29)15(8-11)21-12-3-4-13-22(26(35)28(25(13)34)7-6-20(31)32)14(12)9-16-23(21)19(30)10-17(27)24(16)33/h2-3,5,8,10,13-14,21-22,29H,4,6-7,9H2,1H3,(H,31,32)/t13-,14+,21+,22-/m0/s1. The number of Topliss-reactive ketones (excluding diaryl/α,β-unsaturated/α-hetero) is 1. The van der Waals surface area contributed by atoms with Gasteiger partial charge in [0.05, 0.1) is 29.8 Å². The average molecular weight is 556 g/mol.